The third kappa shape index (κ3) is 5.86. The number of alkyl halides is 1. The number of nitrogens with one attached hydrogen (secondary N) is 1. The van der Waals surface area contributed by atoms with Gasteiger partial charge in [0.15, 0.2) is 0 Å². The van der Waals surface area contributed by atoms with E-state index >= 15 is 0 Å². The molecular weight excluding hydrogens is 451 g/mol. The smallest absolute Gasteiger partial charge is 0.138 e. The Morgan fingerprint density at radius 3 is 2.78 bits per heavy atom. The summed E-state index contributed by atoms with van der Waals surface area (Å²) in [4.78, 5) is 11.8. The minimum Gasteiger partial charge on any atom is -0.497 e. The number of nitrogens with zero attached hydrogens (tertiary/aromatic N) is 3. The van der Waals surface area contributed by atoms with Crippen molar-refractivity contribution < 1.29 is 9.13 Å². The number of halogens is 1. The molecule has 1 aromatic carbocycles. The summed E-state index contributed by atoms with van der Waals surface area (Å²) in [6.45, 7) is 12.2. The molecule has 2 fully saturated rings. The van der Waals surface area contributed by atoms with Crippen LogP contribution < -0.4 is 15.0 Å². The van der Waals surface area contributed by atoms with Crippen LogP contribution in [0, 0.1) is 5.92 Å². The van der Waals surface area contributed by atoms with Crippen molar-refractivity contribution in [2.75, 3.05) is 31.6 Å². The third-order valence-electron chi connectivity index (χ3n) is 7.10. The van der Waals surface area contributed by atoms with Gasteiger partial charge in [-0.2, -0.15) is 0 Å². The highest BCUT2D eigenvalue weighted by Gasteiger charge is 2.35. The van der Waals surface area contributed by atoms with Crippen LogP contribution in [0.1, 0.15) is 56.7 Å². The zero-order chi connectivity index (χ0) is 25.7. The number of anilines is 1. The highest BCUT2D eigenvalue weighted by Crippen LogP contribution is 2.36. The Labute approximate surface area is 215 Å². The molecule has 6 heteroatoms. The number of methoxy groups -OCH3 is 1. The maximum Gasteiger partial charge on any atom is 0.138 e. The highest BCUT2D eigenvalue weighted by atomic mass is 19.1. The summed E-state index contributed by atoms with van der Waals surface area (Å²) in [5.41, 5.74) is 5.93. The molecular formula is C30H39FN4O. The lowest BCUT2D eigenvalue weighted by atomic mass is 9.95. The molecule has 2 aliphatic rings. The standard InChI is InChI=1S/C30H39FN4O/c1-6-10-20(4)29-21(7-2)15-24(36-5)16-28(29)34-27(8-3)25-11-9-14-32-30(25)35-18-22(26(31)19-35)17-33-23-12-13-23/h8-11,14-16,22-23,26,33H,3,6-7,12-13,17-19H2,1-2,4-5H3. The van der Waals surface area contributed by atoms with Crippen LogP contribution in [0.5, 0.6) is 5.75 Å². The quantitative estimate of drug-likeness (QED) is 0.376. The summed E-state index contributed by atoms with van der Waals surface area (Å²) in [5.74, 6) is 1.50. The van der Waals surface area contributed by atoms with Gasteiger partial charge in [-0.25, -0.2) is 14.4 Å². The molecule has 36 heavy (non-hydrogen) atoms. The summed E-state index contributed by atoms with van der Waals surface area (Å²) < 4.78 is 20.6. The average Bonchev–Trinajstić information content (AvgIpc) is 3.66. The molecule has 0 amide bonds. The van der Waals surface area contributed by atoms with E-state index in [-0.39, 0.29) is 5.92 Å². The maximum absolute atomic E-state index is 15.0. The number of benzene rings is 1. The summed E-state index contributed by atoms with van der Waals surface area (Å²) in [5, 5.41) is 3.49. The Morgan fingerprint density at radius 1 is 1.31 bits per heavy atom. The molecule has 4 rings (SSSR count). The Bertz CT molecular complexity index is 1140. The molecule has 2 unspecified atom stereocenters. The number of hydrogen-bond acceptors (Lipinski definition) is 5. The van der Waals surface area contributed by atoms with Crippen molar-refractivity contribution in [2.24, 2.45) is 10.9 Å². The van der Waals surface area contributed by atoms with Crippen LogP contribution in [0.4, 0.5) is 15.9 Å². The lowest BCUT2D eigenvalue weighted by molar-refractivity contribution is 0.276. The van der Waals surface area contributed by atoms with Gasteiger partial charge in [0.05, 0.1) is 25.1 Å². The Hall–Kier alpha value is -2.99. The van der Waals surface area contributed by atoms with Crippen molar-refractivity contribution in [1.82, 2.24) is 10.3 Å². The molecule has 192 valence electrons. The summed E-state index contributed by atoms with van der Waals surface area (Å²) in [6.07, 6.45) is 9.10. The Kier molecular flexibility index (Phi) is 8.57. The van der Waals surface area contributed by atoms with Gasteiger partial charge < -0.3 is 15.0 Å². The second-order valence-electron chi connectivity index (χ2n) is 9.77. The van der Waals surface area contributed by atoms with Crippen LogP contribution in [-0.2, 0) is 6.42 Å². The number of pyridine rings is 1. The van der Waals surface area contributed by atoms with Gasteiger partial charge >= 0.3 is 0 Å². The molecule has 0 radical (unpaired) electrons. The zero-order valence-electron chi connectivity index (χ0n) is 22.1. The minimum atomic E-state index is -0.880. The van der Waals surface area contributed by atoms with Crippen molar-refractivity contribution in [3.05, 3.63) is 65.9 Å². The Morgan fingerprint density at radius 2 is 2.11 bits per heavy atom. The van der Waals surface area contributed by atoms with Crippen molar-refractivity contribution >= 4 is 22.8 Å². The van der Waals surface area contributed by atoms with E-state index in [4.69, 9.17) is 9.73 Å². The van der Waals surface area contributed by atoms with Crippen LogP contribution in [0.2, 0.25) is 0 Å². The highest BCUT2D eigenvalue weighted by molar-refractivity contribution is 6.13. The van der Waals surface area contributed by atoms with E-state index in [0.29, 0.717) is 31.4 Å². The maximum atomic E-state index is 15.0. The molecule has 5 nitrogen and oxygen atoms in total. The van der Waals surface area contributed by atoms with E-state index in [9.17, 15) is 4.39 Å². The molecule has 1 aromatic heterocycles. The number of hydrogen-bond donors (Lipinski definition) is 1. The second-order valence-corrected chi connectivity index (χ2v) is 9.77. The zero-order valence-corrected chi connectivity index (χ0v) is 22.1. The van der Waals surface area contributed by atoms with Crippen LogP contribution in [0.15, 0.2) is 54.2 Å². The third-order valence-corrected chi connectivity index (χ3v) is 7.10. The SMILES string of the molecule is C=CC(=Nc1cc(OC)cc(CC)c1C(C)=CCC)c1cccnc1N1CC(F)C(CNC2CC2)C1. The van der Waals surface area contributed by atoms with Crippen LogP contribution >= 0.6 is 0 Å². The van der Waals surface area contributed by atoms with Gasteiger partial charge in [-0.1, -0.05) is 26.5 Å². The molecule has 2 heterocycles. The fourth-order valence-electron chi connectivity index (χ4n) is 5.00. The molecule has 1 saturated carbocycles. The predicted molar refractivity (Wildman–Crippen MR) is 149 cm³/mol. The van der Waals surface area contributed by atoms with Crippen molar-refractivity contribution in [2.45, 2.75) is 58.7 Å². The van der Waals surface area contributed by atoms with E-state index in [1.54, 1.807) is 19.4 Å². The predicted octanol–water partition coefficient (Wildman–Crippen LogP) is 6.30. The number of aryl methyl sites for hydroxylation is 1. The van der Waals surface area contributed by atoms with Crippen LogP contribution in [-0.4, -0.2) is 49.7 Å². The van der Waals surface area contributed by atoms with E-state index in [1.165, 1.54) is 24.0 Å². The van der Waals surface area contributed by atoms with Gasteiger partial charge in [0.25, 0.3) is 0 Å². The summed E-state index contributed by atoms with van der Waals surface area (Å²) >= 11 is 0. The summed E-state index contributed by atoms with van der Waals surface area (Å²) in [7, 11) is 1.68. The molecule has 1 saturated heterocycles. The number of aromatic nitrogens is 1. The topological polar surface area (TPSA) is 49.8 Å². The molecule has 0 bridgehead atoms. The fraction of sp³-hybridized carbons (Fsp3) is 0.467. The van der Waals surface area contributed by atoms with E-state index in [0.717, 1.165) is 41.2 Å². The lowest BCUT2D eigenvalue weighted by Crippen LogP contribution is -2.30. The number of aliphatic imine (C=N–C) groups is 1. The first-order valence-corrected chi connectivity index (χ1v) is 13.2. The van der Waals surface area contributed by atoms with Crippen molar-refractivity contribution in [3.63, 3.8) is 0 Å². The van der Waals surface area contributed by atoms with Gasteiger partial charge in [-0.15, -0.1) is 0 Å². The molecule has 1 aliphatic carbocycles. The molecule has 2 atom stereocenters. The van der Waals surface area contributed by atoms with Gasteiger partial charge in [0, 0.05) is 48.4 Å². The van der Waals surface area contributed by atoms with E-state index in [1.807, 2.05) is 18.2 Å². The second kappa shape index (κ2) is 11.8. The minimum absolute atomic E-state index is 0.0384. The van der Waals surface area contributed by atoms with E-state index < -0.39 is 6.17 Å². The number of allylic oxidation sites excluding steroid dienone is 3. The van der Waals surface area contributed by atoms with Crippen molar-refractivity contribution in [1.29, 1.82) is 0 Å². The lowest BCUT2D eigenvalue weighted by Gasteiger charge is -2.21. The van der Waals surface area contributed by atoms with Gasteiger partial charge in [-0.3, -0.25) is 0 Å². The first kappa shape index (κ1) is 26.1. The molecule has 1 aliphatic heterocycles. The molecule has 1 N–H and O–H groups in total. The van der Waals surface area contributed by atoms with Gasteiger partial charge in [0.1, 0.15) is 17.7 Å². The van der Waals surface area contributed by atoms with Gasteiger partial charge in [-0.05, 0) is 68.0 Å². The van der Waals surface area contributed by atoms with Crippen molar-refractivity contribution in [3.8, 4) is 5.75 Å². The Balaban J connectivity index is 1.72. The summed E-state index contributed by atoms with van der Waals surface area (Å²) in [6, 6.07) is 8.55. The first-order valence-electron chi connectivity index (χ1n) is 13.2. The monoisotopic (exact) mass is 490 g/mol. The molecule has 0 spiro atoms. The van der Waals surface area contributed by atoms with Crippen LogP contribution in [0.3, 0.4) is 0 Å². The van der Waals surface area contributed by atoms with Crippen LogP contribution in [0.25, 0.3) is 5.57 Å². The average molecular weight is 491 g/mol. The number of rotatable bonds is 11. The normalized spacial score (nSPS) is 20.6. The fourth-order valence-corrected chi connectivity index (χ4v) is 5.00. The first-order chi connectivity index (χ1) is 17.5. The van der Waals surface area contributed by atoms with Gasteiger partial charge in [0.2, 0.25) is 0 Å². The number of ether oxygens (including phenoxy) is 1. The van der Waals surface area contributed by atoms with E-state index in [2.05, 4.69) is 54.7 Å². The molecule has 2 aromatic rings. The largest absolute Gasteiger partial charge is 0.497 e.